The van der Waals surface area contributed by atoms with Crippen LogP contribution in [0.4, 0.5) is 4.39 Å². The third kappa shape index (κ3) is 6.59. The maximum Gasteiger partial charge on any atom is 0.261 e. The van der Waals surface area contributed by atoms with Crippen LogP contribution in [-0.4, -0.2) is 35.9 Å². The van der Waals surface area contributed by atoms with Gasteiger partial charge in [-0.25, -0.2) is 4.39 Å². The average molecular weight is 400 g/mol. The summed E-state index contributed by atoms with van der Waals surface area (Å²) in [6.07, 6.45) is 1.28. The highest BCUT2D eigenvalue weighted by Gasteiger charge is 2.28. The molecule has 1 atom stereocenters. The van der Waals surface area contributed by atoms with E-state index in [1.165, 1.54) is 17.0 Å². The minimum atomic E-state index is -0.625. The lowest BCUT2D eigenvalue weighted by Gasteiger charge is -2.30. The Morgan fingerprint density at radius 1 is 1.10 bits per heavy atom. The first-order valence-corrected chi connectivity index (χ1v) is 9.96. The van der Waals surface area contributed by atoms with E-state index >= 15 is 0 Å². The highest BCUT2D eigenvalue weighted by atomic mass is 19.1. The molecule has 1 unspecified atom stereocenters. The summed E-state index contributed by atoms with van der Waals surface area (Å²) in [6.45, 7) is 6.32. The molecule has 0 radical (unpaired) electrons. The third-order valence-corrected chi connectivity index (χ3v) is 4.65. The minimum absolute atomic E-state index is 0.177. The molecule has 0 fully saturated rings. The number of nitrogens with zero attached hydrogens (tertiary/aromatic N) is 1. The first-order chi connectivity index (χ1) is 14.0. The molecule has 0 heterocycles. The molecule has 6 heteroatoms. The number of rotatable bonds is 10. The van der Waals surface area contributed by atoms with Crippen molar-refractivity contribution >= 4 is 11.8 Å². The van der Waals surface area contributed by atoms with Gasteiger partial charge in [0, 0.05) is 13.1 Å². The number of halogens is 1. The van der Waals surface area contributed by atoms with Crippen molar-refractivity contribution in [2.45, 2.75) is 46.2 Å². The van der Waals surface area contributed by atoms with Gasteiger partial charge in [-0.15, -0.1) is 0 Å². The zero-order valence-electron chi connectivity index (χ0n) is 17.3. The van der Waals surface area contributed by atoms with E-state index in [1.54, 1.807) is 18.2 Å². The van der Waals surface area contributed by atoms with E-state index in [9.17, 15) is 14.0 Å². The van der Waals surface area contributed by atoms with Crippen LogP contribution in [0, 0.1) is 12.7 Å². The molecule has 29 heavy (non-hydrogen) atoms. The zero-order chi connectivity index (χ0) is 21.2. The summed E-state index contributed by atoms with van der Waals surface area (Å²) in [5.41, 5.74) is 1.68. The average Bonchev–Trinajstić information content (AvgIpc) is 2.72. The molecule has 2 aromatic rings. The van der Waals surface area contributed by atoms with Gasteiger partial charge < -0.3 is 15.0 Å². The van der Waals surface area contributed by atoms with Crippen LogP contribution in [0.15, 0.2) is 48.5 Å². The highest BCUT2D eigenvalue weighted by molar-refractivity contribution is 5.88. The molecular weight excluding hydrogens is 371 g/mol. The van der Waals surface area contributed by atoms with Crippen LogP contribution < -0.4 is 10.1 Å². The van der Waals surface area contributed by atoms with Crippen LogP contribution in [0.25, 0.3) is 0 Å². The number of hydrogen-bond donors (Lipinski definition) is 1. The number of amides is 2. The molecule has 1 N–H and O–H groups in total. The summed E-state index contributed by atoms with van der Waals surface area (Å²) in [5, 5.41) is 2.86. The Morgan fingerprint density at radius 3 is 2.41 bits per heavy atom. The molecule has 156 valence electrons. The van der Waals surface area contributed by atoms with Gasteiger partial charge in [-0.2, -0.15) is 0 Å². The Labute approximate surface area is 171 Å². The Kier molecular flexibility index (Phi) is 8.65. The Morgan fingerprint density at radius 2 is 1.79 bits per heavy atom. The van der Waals surface area contributed by atoms with Gasteiger partial charge in [-0.1, -0.05) is 44.2 Å². The van der Waals surface area contributed by atoms with E-state index in [-0.39, 0.29) is 30.8 Å². The SMILES string of the molecule is CCCNC(=O)C(CC)N(Cc1ccc(F)cc1)C(=O)COc1ccccc1C. The molecule has 2 aromatic carbocycles. The lowest BCUT2D eigenvalue weighted by atomic mass is 10.1. The Balaban J connectivity index is 2.19. The number of hydrogen-bond acceptors (Lipinski definition) is 3. The Bertz CT molecular complexity index is 808. The second kappa shape index (κ2) is 11.2. The number of carbonyl (C=O) groups is 2. The van der Waals surface area contributed by atoms with Crippen molar-refractivity contribution in [1.82, 2.24) is 10.2 Å². The normalized spacial score (nSPS) is 11.6. The second-order valence-electron chi connectivity index (χ2n) is 6.92. The topological polar surface area (TPSA) is 58.6 Å². The van der Waals surface area contributed by atoms with Crippen LogP contribution in [0.3, 0.4) is 0 Å². The quantitative estimate of drug-likeness (QED) is 0.659. The van der Waals surface area contributed by atoms with E-state index < -0.39 is 6.04 Å². The number of benzene rings is 2. The van der Waals surface area contributed by atoms with Crippen molar-refractivity contribution in [3.63, 3.8) is 0 Å². The fourth-order valence-corrected chi connectivity index (χ4v) is 3.01. The van der Waals surface area contributed by atoms with Crippen LogP contribution in [-0.2, 0) is 16.1 Å². The molecule has 2 rings (SSSR count). The van der Waals surface area contributed by atoms with E-state index in [0.29, 0.717) is 18.7 Å². The molecule has 0 aliphatic rings. The standard InChI is InChI=1S/C23H29FN2O3/c1-4-14-25-23(28)20(5-2)26(15-18-10-12-19(24)13-11-18)22(27)16-29-21-9-7-6-8-17(21)3/h6-13,20H,4-5,14-16H2,1-3H3,(H,25,28). The molecular formula is C23H29FN2O3. The predicted molar refractivity (Wildman–Crippen MR) is 111 cm³/mol. The van der Waals surface area contributed by atoms with Crippen LogP contribution in [0.5, 0.6) is 5.75 Å². The van der Waals surface area contributed by atoms with Crippen molar-refractivity contribution in [3.05, 3.63) is 65.5 Å². The zero-order valence-corrected chi connectivity index (χ0v) is 17.3. The number of para-hydroxylation sites is 1. The fraction of sp³-hybridized carbons (Fsp3) is 0.391. The van der Waals surface area contributed by atoms with Gasteiger partial charge in [0.15, 0.2) is 6.61 Å². The van der Waals surface area contributed by atoms with Crippen LogP contribution >= 0.6 is 0 Å². The van der Waals surface area contributed by atoms with Gasteiger partial charge in [-0.05, 0) is 49.1 Å². The summed E-state index contributed by atoms with van der Waals surface area (Å²) in [4.78, 5) is 27.2. The van der Waals surface area contributed by atoms with Gasteiger partial charge in [0.1, 0.15) is 17.6 Å². The monoisotopic (exact) mass is 400 g/mol. The van der Waals surface area contributed by atoms with Crippen molar-refractivity contribution in [3.8, 4) is 5.75 Å². The molecule has 5 nitrogen and oxygen atoms in total. The van der Waals surface area contributed by atoms with Gasteiger partial charge >= 0.3 is 0 Å². The molecule has 0 aliphatic carbocycles. The fourth-order valence-electron chi connectivity index (χ4n) is 3.01. The smallest absolute Gasteiger partial charge is 0.261 e. The maximum absolute atomic E-state index is 13.3. The van der Waals surface area contributed by atoms with Crippen LogP contribution in [0.1, 0.15) is 37.8 Å². The van der Waals surface area contributed by atoms with Gasteiger partial charge in [-0.3, -0.25) is 9.59 Å². The van der Waals surface area contributed by atoms with E-state index in [1.807, 2.05) is 39.0 Å². The lowest BCUT2D eigenvalue weighted by Crippen LogP contribution is -2.50. The van der Waals surface area contributed by atoms with E-state index in [2.05, 4.69) is 5.32 Å². The number of aryl methyl sites for hydroxylation is 1. The molecule has 0 spiro atoms. The van der Waals surface area contributed by atoms with Gasteiger partial charge in [0.05, 0.1) is 0 Å². The Hall–Kier alpha value is -2.89. The second-order valence-corrected chi connectivity index (χ2v) is 6.92. The summed E-state index contributed by atoms with van der Waals surface area (Å²) < 4.78 is 19.0. The summed E-state index contributed by atoms with van der Waals surface area (Å²) >= 11 is 0. The van der Waals surface area contributed by atoms with Crippen LogP contribution in [0.2, 0.25) is 0 Å². The largest absolute Gasteiger partial charge is 0.484 e. The maximum atomic E-state index is 13.3. The number of carbonyl (C=O) groups excluding carboxylic acids is 2. The van der Waals surface area contributed by atoms with E-state index in [4.69, 9.17) is 4.74 Å². The van der Waals surface area contributed by atoms with E-state index in [0.717, 1.165) is 17.5 Å². The number of nitrogens with one attached hydrogen (secondary N) is 1. The summed E-state index contributed by atoms with van der Waals surface area (Å²) in [5.74, 6) is -0.204. The first kappa shape index (κ1) is 22.4. The molecule has 0 aromatic heterocycles. The van der Waals surface area contributed by atoms with Gasteiger partial charge in [0.25, 0.3) is 5.91 Å². The van der Waals surface area contributed by atoms with Crippen molar-refractivity contribution in [2.24, 2.45) is 0 Å². The molecule has 0 saturated heterocycles. The minimum Gasteiger partial charge on any atom is -0.484 e. The summed E-state index contributed by atoms with van der Waals surface area (Å²) in [7, 11) is 0. The molecule has 0 aliphatic heterocycles. The summed E-state index contributed by atoms with van der Waals surface area (Å²) in [6, 6.07) is 12.8. The predicted octanol–water partition coefficient (Wildman–Crippen LogP) is 3.85. The van der Waals surface area contributed by atoms with Crippen molar-refractivity contribution in [2.75, 3.05) is 13.2 Å². The van der Waals surface area contributed by atoms with Crippen molar-refractivity contribution in [1.29, 1.82) is 0 Å². The molecule has 0 bridgehead atoms. The first-order valence-electron chi connectivity index (χ1n) is 9.96. The molecule has 0 saturated carbocycles. The highest BCUT2D eigenvalue weighted by Crippen LogP contribution is 2.18. The van der Waals surface area contributed by atoms with Crippen molar-refractivity contribution < 1.29 is 18.7 Å². The molecule has 2 amide bonds. The number of ether oxygens (including phenoxy) is 1. The van der Waals surface area contributed by atoms with Gasteiger partial charge in [0.2, 0.25) is 5.91 Å². The third-order valence-electron chi connectivity index (χ3n) is 4.65. The lowest BCUT2D eigenvalue weighted by molar-refractivity contribution is -0.143.